The summed E-state index contributed by atoms with van der Waals surface area (Å²) >= 11 is 0. The predicted molar refractivity (Wildman–Crippen MR) is 129 cm³/mol. The molecule has 172 valence electrons. The Morgan fingerprint density at radius 2 is 1.85 bits per heavy atom. The fraction of sp³-hybridized carbons (Fsp3) is 0.214. The number of ketones is 1. The van der Waals surface area contributed by atoms with Gasteiger partial charge in [-0.15, -0.1) is 0 Å². The SMILES string of the molecule is Cc1ccc(C)c(CN2C(=O)[C@](O)(CC(=O)/C=C/c3ccc4c(c3)OCO4)c3ccccc32)c1. The van der Waals surface area contributed by atoms with Gasteiger partial charge in [-0.25, -0.2) is 0 Å². The number of aryl methyl sites for hydroxylation is 2. The molecule has 1 atom stereocenters. The highest BCUT2D eigenvalue weighted by Gasteiger charge is 2.50. The maximum absolute atomic E-state index is 13.5. The number of ether oxygens (including phenoxy) is 2. The van der Waals surface area contributed by atoms with Crippen LogP contribution in [0.15, 0.2) is 66.7 Å². The Kier molecular flexibility index (Phi) is 5.46. The van der Waals surface area contributed by atoms with Gasteiger partial charge in [0, 0.05) is 5.56 Å². The Hall–Kier alpha value is -3.90. The Bertz CT molecular complexity index is 1330. The lowest BCUT2D eigenvalue weighted by Gasteiger charge is -2.23. The van der Waals surface area contributed by atoms with Gasteiger partial charge in [-0.2, -0.15) is 0 Å². The van der Waals surface area contributed by atoms with Crippen LogP contribution in [0.25, 0.3) is 6.08 Å². The molecule has 6 heteroatoms. The van der Waals surface area contributed by atoms with Crippen LogP contribution in [0, 0.1) is 13.8 Å². The molecule has 3 aromatic carbocycles. The lowest BCUT2D eigenvalue weighted by molar-refractivity contribution is -0.140. The molecule has 2 heterocycles. The second-order valence-corrected chi connectivity index (χ2v) is 8.79. The van der Waals surface area contributed by atoms with Crippen LogP contribution in [0.2, 0.25) is 0 Å². The van der Waals surface area contributed by atoms with Gasteiger partial charge in [-0.1, -0.05) is 54.1 Å². The van der Waals surface area contributed by atoms with Crippen LogP contribution in [0.4, 0.5) is 5.69 Å². The smallest absolute Gasteiger partial charge is 0.264 e. The van der Waals surface area contributed by atoms with Gasteiger partial charge in [0.05, 0.1) is 18.7 Å². The monoisotopic (exact) mass is 455 g/mol. The third kappa shape index (κ3) is 3.86. The van der Waals surface area contributed by atoms with Crippen molar-refractivity contribution in [2.75, 3.05) is 11.7 Å². The molecule has 6 nitrogen and oxygen atoms in total. The fourth-order valence-corrected chi connectivity index (χ4v) is 4.49. The van der Waals surface area contributed by atoms with E-state index in [1.54, 1.807) is 35.2 Å². The first kappa shape index (κ1) is 21.9. The number of carbonyl (C=O) groups excluding carboxylic acids is 2. The third-order valence-corrected chi connectivity index (χ3v) is 6.36. The highest BCUT2D eigenvalue weighted by atomic mass is 16.7. The van der Waals surface area contributed by atoms with Crippen molar-refractivity contribution in [3.63, 3.8) is 0 Å². The van der Waals surface area contributed by atoms with Gasteiger partial charge in [0.2, 0.25) is 6.79 Å². The number of anilines is 1. The lowest BCUT2D eigenvalue weighted by atomic mass is 9.89. The van der Waals surface area contributed by atoms with Crippen molar-refractivity contribution in [1.82, 2.24) is 0 Å². The zero-order valence-corrected chi connectivity index (χ0v) is 19.1. The summed E-state index contributed by atoms with van der Waals surface area (Å²) in [7, 11) is 0. The number of hydrogen-bond acceptors (Lipinski definition) is 5. The van der Waals surface area contributed by atoms with E-state index < -0.39 is 11.5 Å². The quantitative estimate of drug-likeness (QED) is 0.556. The Morgan fingerprint density at radius 3 is 2.71 bits per heavy atom. The molecule has 1 amide bonds. The second-order valence-electron chi connectivity index (χ2n) is 8.79. The number of nitrogens with zero attached hydrogens (tertiary/aromatic N) is 1. The zero-order valence-electron chi connectivity index (χ0n) is 19.1. The molecule has 0 spiro atoms. The van der Waals surface area contributed by atoms with Crippen molar-refractivity contribution in [2.45, 2.75) is 32.4 Å². The molecule has 0 aliphatic carbocycles. The third-order valence-electron chi connectivity index (χ3n) is 6.36. The van der Waals surface area contributed by atoms with E-state index in [9.17, 15) is 14.7 Å². The molecule has 2 aliphatic heterocycles. The number of allylic oxidation sites excluding steroid dienone is 1. The van der Waals surface area contributed by atoms with Crippen LogP contribution in [0.1, 0.15) is 34.2 Å². The molecule has 3 aromatic rings. The van der Waals surface area contributed by atoms with Crippen LogP contribution in [0.3, 0.4) is 0 Å². The van der Waals surface area contributed by atoms with Crippen LogP contribution < -0.4 is 14.4 Å². The molecular formula is C28H25NO5. The van der Waals surface area contributed by atoms with Crippen molar-refractivity contribution < 1.29 is 24.2 Å². The summed E-state index contributed by atoms with van der Waals surface area (Å²) in [5, 5.41) is 11.5. The molecule has 0 radical (unpaired) electrons. The largest absolute Gasteiger partial charge is 0.454 e. The number of benzene rings is 3. The highest BCUT2D eigenvalue weighted by Crippen LogP contribution is 2.43. The average molecular weight is 456 g/mol. The first-order valence-electron chi connectivity index (χ1n) is 11.2. The topological polar surface area (TPSA) is 76.1 Å². The minimum Gasteiger partial charge on any atom is -0.454 e. The summed E-state index contributed by atoms with van der Waals surface area (Å²) in [6.07, 6.45) is 2.69. The summed E-state index contributed by atoms with van der Waals surface area (Å²) in [5.41, 5.74) is 3.10. The van der Waals surface area contributed by atoms with E-state index in [0.717, 1.165) is 22.3 Å². The van der Waals surface area contributed by atoms with Crippen LogP contribution in [-0.2, 0) is 21.7 Å². The number of hydrogen-bond donors (Lipinski definition) is 1. The maximum Gasteiger partial charge on any atom is 0.264 e. The van der Waals surface area contributed by atoms with Crippen molar-refractivity contribution in [1.29, 1.82) is 0 Å². The number of fused-ring (bicyclic) bond motifs is 2. The van der Waals surface area contributed by atoms with E-state index in [0.29, 0.717) is 29.3 Å². The van der Waals surface area contributed by atoms with Gasteiger partial charge in [0.25, 0.3) is 5.91 Å². The van der Waals surface area contributed by atoms with E-state index in [1.165, 1.54) is 6.08 Å². The van der Waals surface area contributed by atoms with Gasteiger partial charge in [0.15, 0.2) is 22.9 Å². The number of amides is 1. The number of aliphatic hydroxyl groups is 1. The minimum atomic E-state index is -1.91. The van der Waals surface area contributed by atoms with Crippen molar-refractivity contribution in [2.24, 2.45) is 0 Å². The van der Waals surface area contributed by atoms with Gasteiger partial charge >= 0.3 is 0 Å². The van der Waals surface area contributed by atoms with Crippen molar-refractivity contribution in [3.8, 4) is 11.5 Å². The van der Waals surface area contributed by atoms with Gasteiger partial charge in [-0.3, -0.25) is 9.59 Å². The van der Waals surface area contributed by atoms with Gasteiger partial charge < -0.3 is 19.5 Å². The standard InChI is InChI=1S/C28H25NO5/c1-18-7-8-19(2)21(13-18)16-29-24-6-4-3-5-23(24)28(32,27(29)31)15-22(30)11-9-20-10-12-25-26(14-20)34-17-33-25/h3-14,32H,15-17H2,1-2H3/b11-9+/t28-/m0/s1. The lowest BCUT2D eigenvalue weighted by Crippen LogP contribution is -2.41. The number of carbonyl (C=O) groups is 2. The van der Waals surface area contributed by atoms with E-state index in [1.807, 2.05) is 50.2 Å². The Morgan fingerprint density at radius 1 is 1.06 bits per heavy atom. The van der Waals surface area contributed by atoms with Crippen molar-refractivity contribution >= 4 is 23.5 Å². The van der Waals surface area contributed by atoms with Gasteiger partial charge in [0.1, 0.15) is 0 Å². The Balaban J connectivity index is 1.39. The Labute approximate surface area is 198 Å². The van der Waals surface area contributed by atoms with E-state index in [-0.39, 0.29) is 19.0 Å². The molecular weight excluding hydrogens is 430 g/mol. The summed E-state index contributed by atoms with van der Waals surface area (Å²) in [6, 6.07) is 18.6. The molecule has 0 bridgehead atoms. The molecule has 34 heavy (non-hydrogen) atoms. The van der Waals surface area contributed by atoms with Crippen LogP contribution >= 0.6 is 0 Å². The number of rotatable bonds is 6. The molecule has 2 aliphatic rings. The molecule has 0 unspecified atom stereocenters. The fourth-order valence-electron chi connectivity index (χ4n) is 4.49. The van der Waals surface area contributed by atoms with E-state index in [2.05, 4.69) is 0 Å². The van der Waals surface area contributed by atoms with Crippen molar-refractivity contribution in [3.05, 3.63) is 94.6 Å². The van der Waals surface area contributed by atoms with Crippen LogP contribution in [0.5, 0.6) is 11.5 Å². The van der Waals surface area contributed by atoms with E-state index in [4.69, 9.17) is 9.47 Å². The molecule has 0 saturated carbocycles. The summed E-state index contributed by atoms with van der Waals surface area (Å²) in [4.78, 5) is 27.9. The van der Waals surface area contributed by atoms with Gasteiger partial charge in [-0.05, 0) is 54.8 Å². The predicted octanol–water partition coefficient (Wildman–Crippen LogP) is 4.44. The molecule has 1 N–H and O–H groups in total. The molecule has 0 saturated heterocycles. The normalized spacial score (nSPS) is 18.6. The summed E-state index contributed by atoms with van der Waals surface area (Å²) in [5.74, 6) is 0.446. The maximum atomic E-state index is 13.5. The first-order valence-corrected chi connectivity index (χ1v) is 11.2. The molecule has 0 fully saturated rings. The highest BCUT2D eigenvalue weighted by molar-refractivity contribution is 6.10. The summed E-state index contributed by atoms with van der Waals surface area (Å²) < 4.78 is 10.7. The molecule has 5 rings (SSSR count). The average Bonchev–Trinajstić information content (AvgIpc) is 3.37. The molecule has 0 aromatic heterocycles. The second kappa shape index (κ2) is 8.47. The first-order chi connectivity index (χ1) is 16.3. The number of para-hydroxylation sites is 1. The summed E-state index contributed by atoms with van der Waals surface area (Å²) in [6.45, 7) is 4.50. The minimum absolute atomic E-state index is 0.175. The van der Waals surface area contributed by atoms with Crippen LogP contribution in [-0.4, -0.2) is 23.6 Å². The zero-order chi connectivity index (χ0) is 23.9. The van der Waals surface area contributed by atoms with E-state index >= 15 is 0 Å².